The topological polar surface area (TPSA) is 24.1 Å². The number of para-hydroxylation sites is 1. The molecular formula is C40H44N2. The van der Waals surface area contributed by atoms with Crippen LogP contribution < -0.4 is 10.6 Å². The summed E-state index contributed by atoms with van der Waals surface area (Å²) in [4.78, 5) is 0. The van der Waals surface area contributed by atoms with Gasteiger partial charge < -0.3 is 10.6 Å². The lowest BCUT2D eigenvalue weighted by Gasteiger charge is -2.46. The van der Waals surface area contributed by atoms with Crippen molar-refractivity contribution < 1.29 is 0 Å². The Kier molecular flexibility index (Phi) is 7.40. The minimum atomic E-state index is 0.471. The first-order chi connectivity index (χ1) is 20.5. The van der Waals surface area contributed by atoms with E-state index < -0.39 is 0 Å². The molecule has 2 bridgehead atoms. The summed E-state index contributed by atoms with van der Waals surface area (Å²) < 4.78 is 0. The molecule has 0 spiro atoms. The predicted molar refractivity (Wildman–Crippen MR) is 180 cm³/mol. The smallest absolute Gasteiger partial charge is 0.0384 e. The Balaban J connectivity index is 1.26. The molecule has 0 aliphatic heterocycles. The van der Waals surface area contributed by atoms with Crippen LogP contribution in [-0.2, 0) is 0 Å². The average Bonchev–Trinajstić information content (AvgIpc) is 3.02. The van der Waals surface area contributed by atoms with Crippen molar-refractivity contribution >= 4 is 17.1 Å². The summed E-state index contributed by atoms with van der Waals surface area (Å²) in [5.41, 5.74) is 13.7. The van der Waals surface area contributed by atoms with Gasteiger partial charge in [-0.25, -0.2) is 0 Å². The first-order valence-electron chi connectivity index (χ1n) is 16.2. The first-order valence-corrected chi connectivity index (χ1v) is 16.2. The normalized spacial score (nSPS) is 21.6. The van der Waals surface area contributed by atoms with Crippen LogP contribution in [0, 0.1) is 11.8 Å². The zero-order chi connectivity index (χ0) is 28.6. The van der Waals surface area contributed by atoms with Crippen molar-refractivity contribution in [1.29, 1.82) is 0 Å². The van der Waals surface area contributed by atoms with E-state index in [0.717, 1.165) is 11.4 Å². The van der Waals surface area contributed by atoms with E-state index in [1.807, 2.05) is 0 Å². The molecule has 3 unspecified atom stereocenters. The number of rotatable bonds is 7. The van der Waals surface area contributed by atoms with Crippen molar-refractivity contribution in [3.05, 3.63) is 114 Å². The number of fused-ring (bicyclic) bond motifs is 1. The van der Waals surface area contributed by atoms with Gasteiger partial charge in [-0.1, -0.05) is 99.4 Å². The van der Waals surface area contributed by atoms with Gasteiger partial charge in [-0.15, -0.1) is 0 Å². The summed E-state index contributed by atoms with van der Waals surface area (Å²) in [6.45, 7) is 7.20. The maximum atomic E-state index is 3.81. The van der Waals surface area contributed by atoms with Crippen LogP contribution >= 0.6 is 0 Å². The molecule has 1 saturated carbocycles. The van der Waals surface area contributed by atoms with Gasteiger partial charge >= 0.3 is 0 Å². The highest BCUT2D eigenvalue weighted by atomic mass is 14.9. The van der Waals surface area contributed by atoms with Crippen molar-refractivity contribution in [2.45, 2.75) is 77.2 Å². The summed E-state index contributed by atoms with van der Waals surface area (Å²) in [5, 5.41) is 7.36. The standard InChI is InChI=1S/C40H44N2/c1-26(2)36-25-37-27(3)24-38(36)40-35(29-16-20-33(21-17-29)42-31-12-8-5-9-13-31)23-22-34(39(37)40)28-14-18-32(19-15-28)41-30-10-6-4-7-11-30/h4,6-7,10-11,14-24,26,31,36-38,41-42H,5,8-9,12-13,25H2,1-3H3. The lowest BCUT2D eigenvalue weighted by Crippen LogP contribution is -2.32. The van der Waals surface area contributed by atoms with Crippen LogP contribution in [-0.4, -0.2) is 6.04 Å². The molecular weight excluding hydrogens is 508 g/mol. The Morgan fingerprint density at radius 3 is 1.88 bits per heavy atom. The summed E-state index contributed by atoms with van der Waals surface area (Å²) in [6, 6.07) is 34.2. The minimum absolute atomic E-state index is 0.471. The van der Waals surface area contributed by atoms with Gasteiger partial charge in [0.1, 0.15) is 0 Å². The van der Waals surface area contributed by atoms with Crippen LogP contribution in [0.25, 0.3) is 22.3 Å². The third-order valence-electron chi connectivity index (χ3n) is 10.2. The fourth-order valence-electron chi connectivity index (χ4n) is 7.98. The van der Waals surface area contributed by atoms with Crippen LogP contribution in [0.15, 0.2) is 103 Å². The van der Waals surface area contributed by atoms with Gasteiger partial charge in [0.15, 0.2) is 0 Å². The molecule has 4 aromatic carbocycles. The van der Waals surface area contributed by atoms with E-state index in [0.29, 0.717) is 29.7 Å². The van der Waals surface area contributed by atoms with E-state index in [2.05, 4.69) is 128 Å². The Labute approximate surface area is 252 Å². The predicted octanol–water partition coefficient (Wildman–Crippen LogP) is 11.3. The average molecular weight is 553 g/mol. The fourth-order valence-corrected chi connectivity index (χ4v) is 7.98. The van der Waals surface area contributed by atoms with Crippen molar-refractivity contribution in [2.24, 2.45) is 11.8 Å². The molecule has 0 aromatic heterocycles. The van der Waals surface area contributed by atoms with Gasteiger partial charge in [-0.05, 0) is 108 Å². The van der Waals surface area contributed by atoms with E-state index >= 15 is 0 Å². The summed E-state index contributed by atoms with van der Waals surface area (Å²) >= 11 is 0. The van der Waals surface area contributed by atoms with Crippen molar-refractivity contribution in [3.63, 3.8) is 0 Å². The van der Waals surface area contributed by atoms with Crippen LogP contribution in [0.5, 0.6) is 0 Å². The van der Waals surface area contributed by atoms with Crippen molar-refractivity contribution in [1.82, 2.24) is 0 Å². The highest BCUT2D eigenvalue weighted by Gasteiger charge is 2.42. The highest BCUT2D eigenvalue weighted by Crippen LogP contribution is 2.58. The van der Waals surface area contributed by atoms with Gasteiger partial charge in [-0.2, -0.15) is 0 Å². The molecule has 4 aliphatic carbocycles. The summed E-state index contributed by atoms with van der Waals surface area (Å²) in [5.74, 6) is 2.31. The Hall–Kier alpha value is -3.78. The Bertz CT molecular complexity index is 1560. The second kappa shape index (κ2) is 11.5. The Morgan fingerprint density at radius 2 is 1.24 bits per heavy atom. The van der Waals surface area contributed by atoms with Crippen LogP contribution in [0.4, 0.5) is 17.1 Å². The van der Waals surface area contributed by atoms with E-state index in [1.165, 1.54) is 66.5 Å². The van der Waals surface area contributed by atoms with E-state index in [4.69, 9.17) is 0 Å². The molecule has 0 heterocycles. The van der Waals surface area contributed by atoms with Crippen LogP contribution in [0.3, 0.4) is 0 Å². The van der Waals surface area contributed by atoms with Crippen LogP contribution in [0.1, 0.15) is 82.3 Å². The molecule has 4 aromatic rings. The maximum absolute atomic E-state index is 3.81. The minimum Gasteiger partial charge on any atom is -0.382 e. The van der Waals surface area contributed by atoms with E-state index in [1.54, 1.807) is 16.7 Å². The number of hydrogen-bond donors (Lipinski definition) is 2. The van der Waals surface area contributed by atoms with Gasteiger partial charge in [0.05, 0.1) is 0 Å². The van der Waals surface area contributed by atoms with Gasteiger partial charge in [0, 0.05) is 34.9 Å². The molecule has 8 rings (SSSR count). The number of allylic oxidation sites excluding steroid dienone is 2. The monoisotopic (exact) mass is 552 g/mol. The SMILES string of the molecule is CC1=CC2c3c(-c4ccc(NC5CCCCC5)cc4)ccc(-c4ccc(Nc5ccccc5)cc4)c3C1CC2C(C)C. The fraction of sp³-hybridized carbons (Fsp3) is 0.350. The largest absolute Gasteiger partial charge is 0.382 e. The first kappa shape index (κ1) is 27.1. The van der Waals surface area contributed by atoms with Gasteiger partial charge in [0.2, 0.25) is 0 Å². The molecule has 2 heteroatoms. The third kappa shape index (κ3) is 5.17. The van der Waals surface area contributed by atoms with E-state index in [-0.39, 0.29) is 0 Å². The molecule has 0 amide bonds. The van der Waals surface area contributed by atoms with Gasteiger partial charge in [-0.3, -0.25) is 0 Å². The number of benzene rings is 4. The molecule has 4 aliphatic rings. The lowest BCUT2D eigenvalue weighted by molar-refractivity contribution is 0.281. The van der Waals surface area contributed by atoms with Gasteiger partial charge in [0.25, 0.3) is 0 Å². The van der Waals surface area contributed by atoms with Crippen molar-refractivity contribution in [3.8, 4) is 22.3 Å². The molecule has 42 heavy (non-hydrogen) atoms. The molecule has 0 radical (unpaired) electrons. The number of anilines is 3. The van der Waals surface area contributed by atoms with Crippen molar-refractivity contribution in [2.75, 3.05) is 10.6 Å². The second-order valence-electron chi connectivity index (χ2n) is 13.2. The zero-order valence-corrected chi connectivity index (χ0v) is 25.4. The Morgan fingerprint density at radius 1 is 0.643 bits per heavy atom. The van der Waals surface area contributed by atoms with E-state index in [9.17, 15) is 0 Å². The lowest BCUT2D eigenvalue weighted by atomic mass is 9.58. The molecule has 2 nitrogen and oxygen atoms in total. The maximum Gasteiger partial charge on any atom is 0.0384 e. The molecule has 3 atom stereocenters. The molecule has 2 N–H and O–H groups in total. The van der Waals surface area contributed by atoms with Crippen LogP contribution in [0.2, 0.25) is 0 Å². The second-order valence-corrected chi connectivity index (χ2v) is 13.2. The zero-order valence-electron chi connectivity index (χ0n) is 25.4. The third-order valence-corrected chi connectivity index (χ3v) is 10.2. The molecule has 214 valence electrons. The number of hydrogen-bond acceptors (Lipinski definition) is 2. The quantitative estimate of drug-likeness (QED) is 0.223. The summed E-state index contributed by atoms with van der Waals surface area (Å²) in [6.07, 6.45) is 10.6. The molecule has 1 fully saturated rings. The highest BCUT2D eigenvalue weighted by molar-refractivity contribution is 5.82. The molecule has 0 saturated heterocycles. The summed E-state index contributed by atoms with van der Waals surface area (Å²) in [7, 11) is 0. The number of nitrogens with one attached hydrogen (secondary N) is 2.